The van der Waals surface area contributed by atoms with Gasteiger partial charge in [-0.15, -0.1) is 0 Å². The molecule has 0 saturated carbocycles. The fraction of sp³-hybridized carbons (Fsp3) is 0.444. The van der Waals surface area contributed by atoms with E-state index < -0.39 is 0 Å². The van der Waals surface area contributed by atoms with Gasteiger partial charge in [-0.3, -0.25) is 15.0 Å². The van der Waals surface area contributed by atoms with Crippen molar-refractivity contribution in [3.63, 3.8) is 0 Å². The lowest BCUT2D eigenvalue weighted by atomic mass is 9.77. The molecule has 3 heteroatoms. The van der Waals surface area contributed by atoms with Crippen molar-refractivity contribution in [2.75, 3.05) is 0 Å². The molecule has 0 amide bonds. The fourth-order valence-corrected chi connectivity index (χ4v) is 3.97. The molecule has 0 unspecified atom stereocenters. The van der Waals surface area contributed by atoms with Gasteiger partial charge in [0.25, 0.3) is 0 Å². The van der Waals surface area contributed by atoms with Crippen LogP contribution in [0.5, 0.6) is 0 Å². The van der Waals surface area contributed by atoms with Crippen LogP contribution in [-0.4, -0.2) is 15.0 Å². The zero-order chi connectivity index (χ0) is 22.0. The van der Waals surface area contributed by atoms with Crippen molar-refractivity contribution < 1.29 is 0 Å². The van der Waals surface area contributed by atoms with Gasteiger partial charge in [-0.05, 0) is 70.2 Å². The number of aromatic nitrogens is 3. The lowest BCUT2D eigenvalue weighted by Gasteiger charge is -2.28. The van der Waals surface area contributed by atoms with Crippen LogP contribution in [0.3, 0.4) is 0 Å². The molecule has 0 N–H and O–H groups in total. The van der Waals surface area contributed by atoms with E-state index >= 15 is 0 Å². The zero-order valence-corrected chi connectivity index (χ0v) is 19.5. The first kappa shape index (κ1) is 22.1. The van der Waals surface area contributed by atoms with Gasteiger partial charge in [0.2, 0.25) is 0 Å². The van der Waals surface area contributed by atoms with E-state index in [2.05, 4.69) is 88.8 Å². The van der Waals surface area contributed by atoms with Crippen LogP contribution in [0.4, 0.5) is 0 Å². The molecule has 30 heavy (non-hydrogen) atoms. The van der Waals surface area contributed by atoms with Crippen LogP contribution in [0.25, 0.3) is 0 Å². The summed E-state index contributed by atoms with van der Waals surface area (Å²) in [5.74, 6) is 0. The summed E-state index contributed by atoms with van der Waals surface area (Å²) in [5, 5.41) is 0. The molecule has 0 aliphatic carbocycles. The van der Waals surface area contributed by atoms with Gasteiger partial charge >= 0.3 is 0 Å². The molecule has 0 fully saturated rings. The minimum atomic E-state index is -0.0744. The first-order chi connectivity index (χ1) is 14.0. The average Bonchev–Trinajstić information content (AvgIpc) is 2.68. The van der Waals surface area contributed by atoms with Gasteiger partial charge in [-0.25, -0.2) is 0 Å². The summed E-state index contributed by atoms with van der Waals surface area (Å²) in [6.45, 7) is 15.8. The van der Waals surface area contributed by atoms with Crippen molar-refractivity contribution in [2.24, 2.45) is 0 Å². The van der Waals surface area contributed by atoms with Gasteiger partial charge in [-0.1, -0.05) is 54.5 Å². The van der Waals surface area contributed by atoms with Crippen molar-refractivity contribution in [3.05, 3.63) is 89.3 Å². The van der Waals surface area contributed by atoms with Gasteiger partial charge < -0.3 is 0 Å². The topological polar surface area (TPSA) is 38.7 Å². The highest BCUT2D eigenvalue weighted by Crippen LogP contribution is 2.31. The van der Waals surface area contributed by atoms with Gasteiger partial charge in [0, 0.05) is 42.1 Å². The van der Waals surface area contributed by atoms with Crippen molar-refractivity contribution in [2.45, 2.75) is 77.6 Å². The molecule has 0 saturated heterocycles. The predicted molar refractivity (Wildman–Crippen MR) is 125 cm³/mol. The lowest BCUT2D eigenvalue weighted by molar-refractivity contribution is 0.495. The molecule has 3 rings (SSSR count). The van der Waals surface area contributed by atoms with E-state index in [9.17, 15) is 0 Å². The van der Waals surface area contributed by atoms with E-state index in [1.807, 2.05) is 31.0 Å². The molecule has 0 aliphatic rings. The smallest absolute Gasteiger partial charge is 0.0465 e. The number of hydrogen-bond donors (Lipinski definition) is 0. The second kappa shape index (κ2) is 8.29. The molecule has 0 bridgehead atoms. The molecule has 0 atom stereocenters. The Morgan fingerprint density at radius 2 is 1.30 bits per heavy atom. The second-order valence-corrected chi connectivity index (χ2v) is 10.7. The van der Waals surface area contributed by atoms with E-state index in [1.54, 1.807) is 0 Å². The molecule has 0 spiro atoms. The zero-order valence-electron chi connectivity index (χ0n) is 19.5. The molecule has 0 aliphatic heterocycles. The van der Waals surface area contributed by atoms with Crippen molar-refractivity contribution in [1.29, 1.82) is 0 Å². The maximum absolute atomic E-state index is 4.75. The Labute approximate surface area is 182 Å². The highest BCUT2D eigenvalue weighted by molar-refractivity contribution is 5.31. The van der Waals surface area contributed by atoms with Crippen molar-refractivity contribution in [1.82, 2.24) is 15.0 Å². The van der Waals surface area contributed by atoms with Gasteiger partial charge in [0.1, 0.15) is 0 Å². The van der Waals surface area contributed by atoms with Gasteiger partial charge in [0.15, 0.2) is 0 Å². The largest absolute Gasteiger partial charge is 0.265 e. The summed E-state index contributed by atoms with van der Waals surface area (Å²) in [6.07, 6.45) is 11.6. The summed E-state index contributed by atoms with van der Waals surface area (Å²) in [5.41, 5.74) is 6.35. The van der Waals surface area contributed by atoms with E-state index in [0.717, 1.165) is 18.5 Å². The minimum absolute atomic E-state index is 0.0384. The van der Waals surface area contributed by atoms with E-state index in [4.69, 9.17) is 4.98 Å². The van der Waals surface area contributed by atoms with Gasteiger partial charge in [-0.2, -0.15) is 0 Å². The number of nitrogens with zero attached hydrogens (tertiary/aromatic N) is 3. The standard InChI is InChI=1S/C27H35N3/c1-25(2,3)23-14-21(18-29-19-23)17-27(6,7)24-15-20(8-13-30-24)16-26(4,5)22-9-11-28-12-10-22/h8-15,18-19H,16-17H2,1-7H3. The van der Waals surface area contributed by atoms with E-state index in [0.29, 0.717) is 0 Å². The Bertz CT molecular complexity index is 982. The third-order valence-electron chi connectivity index (χ3n) is 5.93. The van der Waals surface area contributed by atoms with Crippen LogP contribution in [0, 0.1) is 0 Å². The van der Waals surface area contributed by atoms with Gasteiger partial charge in [0.05, 0.1) is 0 Å². The molecule has 0 aromatic carbocycles. The van der Waals surface area contributed by atoms with Crippen LogP contribution in [-0.2, 0) is 29.1 Å². The summed E-state index contributed by atoms with van der Waals surface area (Å²) >= 11 is 0. The van der Waals surface area contributed by atoms with E-state index in [-0.39, 0.29) is 16.2 Å². The van der Waals surface area contributed by atoms with Crippen LogP contribution in [0.2, 0.25) is 0 Å². The van der Waals surface area contributed by atoms with E-state index in [1.165, 1.54) is 22.3 Å². The SMILES string of the molecule is CC(C)(C)c1cncc(CC(C)(C)c2cc(CC(C)(C)c3ccncc3)ccn2)c1. The molecule has 0 radical (unpaired) electrons. The predicted octanol–water partition coefficient (Wildman–Crippen LogP) is 6.21. The monoisotopic (exact) mass is 401 g/mol. The third-order valence-corrected chi connectivity index (χ3v) is 5.93. The Morgan fingerprint density at radius 1 is 0.633 bits per heavy atom. The van der Waals surface area contributed by atoms with Crippen LogP contribution >= 0.6 is 0 Å². The van der Waals surface area contributed by atoms with Crippen molar-refractivity contribution >= 4 is 0 Å². The quantitative estimate of drug-likeness (QED) is 0.493. The Balaban J connectivity index is 1.82. The fourth-order valence-electron chi connectivity index (χ4n) is 3.97. The normalized spacial score (nSPS) is 12.8. The molecule has 3 nitrogen and oxygen atoms in total. The Kier molecular flexibility index (Phi) is 6.12. The maximum atomic E-state index is 4.75. The highest BCUT2D eigenvalue weighted by atomic mass is 14.7. The molecular formula is C27H35N3. The Hall–Kier alpha value is -2.55. The number of rotatable bonds is 6. The molecular weight excluding hydrogens is 366 g/mol. The first-order valence-corrected chi connectivity index (χ1v) is 10.8. The molecule has 3 aromatic rings. The second-order valence-electron chi connectivity index (χ2n) is 10.7. The first-order valence-electron chi connectivity index (χ1n) is 10.8. The summed E-state index contributed by atoms with van der Waals surface area (Å²) in [4.78, 5) is 13.4. The minimum Gasteiger partial charge on any atom is -0.265 e. The van der Waals surface area contributed by atoms with Crippen LogP contribution in [0.15, 0.2) is 61.3 Å². The molecule has 3 heterocycles. The Morgan fingerprint density at radius 3 is 1.97 bits per heavy atom. The van der Waals surface area contributed by atoms with Crippen LogP contribution < -0.4 is 0 Å². The average molecular weight is 402 g/mol. The lowest BCUT2D eigenvalue weighted by Crippen LogP contribution is -2.24. The van der Waals surface area contributed by atoms with Crippen LogP contribution in [0.1, 0.15) is 76.4 Å². The summed E-state index contributed by atoms with van der Waals surface area (Å²) < 4.78 is 0. The maximum Gasteiger partial charge on any atom is 0.0465 e. The summed E-state index contributed by atoms with van der Waals surface area (Å²) in [7, 11) is 0. The summed E-state index contributed by atoms with van der Waals surface area (Å²) in [6, 6.07) is 10.9. The number of hydrogen-bond acceptors (Lipinski definition) is 3. The number of pyridine rings is 3. The third kappa shape index (κ3) is 5.33. The van der Waals surface area contributed by atoms with Crippen molar-refractivity contribution in [3.8, 4) is 0 Å². The molecule has 3 aromatic heterocycles. The highest BCUT2D eigenvalue weighted by Gasteiger charge is 2.26. The molecule has 158 valence electrons.